The molecule has 0 aliphatic rings. The summed E-state index contributed by atoms with van der Waals surface area (Å²) < 4.78 is 0. The van der Waals surface area contributed by atoms with E-state index in [2.05, 4.69) is 6.07 Å². The van der Waals surface area contributed by atoms with E-state index in [4.69, 9.17) is 5.73 Å². The highest BCUT2D eigenvalue weighted by Crippen LogP contribution is 2.31. The maximum absolute atomic E-state index is 10.5. The molecular formula is C13H21NO. The minimum atomic E-state index is -0.905. The molecule has 0 saturated carbocycles. The largest absolute Gasteiger partial charge is 0.384 e. The van der Waals surface area contributed by atoms with E-state index in [0.29, 0.717) is 0 Å². The summed E-state index contributed by atoms with van der Waals surface area (Å²) in [5, 5.41) is 10.5. The van der Waals surface area contributed by atoms with Crippen molar-refractivity contribution in [3.05, 3.63) is 34.9 Å². The lowest BCUT2D eigenvalue weighted by Crippen LogP contribution is -2.40. The summed E-state index contributed by atoms with van der Waals surface area (Å²) in [5.74, 6) is 0.115. The van der Waals surface area contributed by atoms with Crippen molar-refractivity contribution in [2.24, 2.45) is 11.7 Å². The molecule has 1 atom stereocenters. The fraction of sp³-hybridized carbons (Fsp3) is 0.538. The third kappa shape index (κ3) is 2.21. The summed E-state index contributed by atoms with van der Waals surface area (Å²) in [6.07, 6.45) is 0. The first-order valence-electron chi connectivity index (χ1n) is 5.42. The molecule has 0 saturated heterocycles. The van der Waals surface area contributed by atoms with E-state index < -0.39 is 5.60 Å². The zero-order valence-electron chi connectivity index (χ0n) is 10.0. The van der Waals surface area contributed by atoms with E-state index in [0.717, 1.165) is 11.1 Å². The molecule has 1 rings (SSSR count). The fourth-order valence-electron chi connectivity index (χ4n) is 1.96. The van der Waals surface area contributed by atoms with Gasteiger partial charge in [-0.2, -0.15) is 0 Å². The van der Waals surface area contributed by atoms with E-state index in [1.54, 1.807) is 0 Å². The molecule has 0 heterocycles. The van der Waals surface area contributed by atoms with Gasteiger partial charge in [0.15, 0.2) is 0 Å². The molecule has 0 aliphatic carbocycles. The fourth-order valence-corrected chi connectivity index (χ4v) is 1.96. The summed E-state index contributed by atoms with van der Waals surface area (Å²) >= 11 is 0. The number of aryl methyl sites for hydroxylation is 2. The number of benzene rings is 1. The van der Waals surface area contributed by atoms with E-state index in [9.17, 15) is 5.11 Å². The highest BCUT2D eigenvalue weighted by atomic mass is 16.3. The Morgan fingerprint density at radius 2 is 1.93 bits per heavy atom. The van der Waals surface area contributed by atoms with Gasteiger partial charge in [0.05, 0.1) is 0 Å². The Morgan fingerprint density at radius 1 is 1.33 bits per heavy atom. The van der Waals surface area contributed by atoms with E-state index in [1.165, 1.54) is 5.56 Å². The SMILES string of the molecule is Cc1ccc(C(O)(CN)C(C)C)c(C)c1. The smallest absolute Gasteiger partial charge is 0.104 e. The Balaban J connectivity index is 3.24. The minimum Gasteiger partial charge on any atom is -0.384 e. The topological polar surface area (TPSA) is 46.2 Å². The van der Waals surface area contributed by atoms with Gasteiger partial charge in [0.25, 0.3) is 0 Å². The Morgan fingerprint density at radius 3 is 2.33 bits per heavy atom. The number of nitrogens with two attached hydrogens (primary N) is 1. The van der Waals surface area contributed by atoms with Crippen LogP contribution >= 0.6 is 0 Å². The Bertz CT molecular complexity index is 346. The molecule has 2 nitrogen and oxygen atoms in total. The first-order chi connectivity index (χ1) is 6.91. The standard InChI is InChI=1S/C13H21NO/c1-9(2)13(15,8-14)12-6-5-10(3)7-11(12)4/h5-7,9,15H,8,14H2,1-4H3. The molecule has 0 spiro atoms. The van der Waals surface area contributed by atoms with Crippen LogP contribution in [-0.2, 0) is 5.60 Å². The molecule has 1 aromatic carbocycles. The summed E-state index contributed by atoms with van der Waals surface area (Å²) in [7, 11) is 0. The third-order valence-corrected chi connectivity index (χ3v) is 3.11. The minimum absolute atomic E-state index is 0.115. The van der Waals surface area contributed by atoms with Gasteiger partial charge in [-0.25, -0.2) is 0 Å². The van der Waals surface area contributed by atoms with Gasteiger partial charge in [0.1, 0.15) is 5.60 Å². The van der Waals surface area contributed by atoms with Crippen molar-refractivity contribution < 1.29 is 5.11 Å². The van der Waals surface area contributed by atoms with Crippen LogP contribution in [0.4, 0.5) is 0 Å². The van der Waals surface area contributed by atoms with Crippen LogP contribution < -0.4 is 5.73 Å². The van der Waals surface area contributed by atoms with Crippen molar-refractivity contribution in [1.29, 1.82) is 0 Å². The van der Waals surface area contributed by atoms with Crippen LogP contribution in [0.3, 0.4) is 0 Å². The predicted molar refractivity (Wildman–Crippen MR) is 63.7 cm³/mol. The van der Waals surface area contributed by atoms with Crippen LogP contribution in [-0.4, -0.2) is 11.7 Å². The van der Waals surface area contributed by atoms with Crippen molar-refractivity contribution in [3.8, 4) is 0 Å². The molecule has 84 valence electrons. The van der Waals surface area contributed by atoms with Gasteiger partial charge in [0, 0.05) is 6.54 Å². The maximum Gasteiger partial charge on any atom is 0.104 e. The first-order valence-corrected chi connectivity index (χ1v) is 5.42. The summed E-state index contributed by atoms with van der Waals surface area (Å²) in [6.45, 7) is 8.31. The molecule has 0 bridgehead atoms. The van der Waals surface area contributed by atoms with Crippen LogP contribution in [0.1, 0.15) is 30.5 Å². The molecule has 1 unspecified atom stereocenters. The molecule has 2 heteroatoms. The Kier molecular flexibility index (Phi) is 3.53. The van der Waals surface area contributed by atoms with Gasteiger partial charge in [-0.15, -0.1) is 0 Å². The molecule has 0 amide bonds. The molecule has 3 N–H and O–H groups in total. The van der Waals surface area contributed by atoms with Crippen LogP contribution in [0.25, 0.3) is 0 Å². The van der Waals surface area contributed by atoms with Gasteiger partial charge in [0.2, 0.25) is 0 Å². The second-order valence-corrected chi connectivity index (χ2v) is 4.60. The van der Waals surface area contributed by atoms with Crippen molar-refractivity contribution in [1.82, 2.24) is 0 Å². The Hall–Kier alpha value is -0.860. The van der Waals surface area contributed by atoms with Gasteiger partial charge >= 0.3 is 0 Å². The van der Waals surface area contributed by atoms with Gasteiger partial charge < -0.3 is 10.8 Å². The van der Waals surface area contributed by atoms with Crippen LogP contribution in [0, 0.1) is 19.8 Å². The molecule has 0 radical (unpaired) electrons. The summed E-state index contributed by atoms with van der Waals surface area (Å²) in [6, 6.07) is 6.08. The van der Waals surface area contributed by atoms with E-state index >= 15 is 0 Å². The monoisotopic (exact) mass is 207 g/mol. The van der Waals surface area contributed by atoms with Crippen molar-refractivity contribution in [3.63, 3.8) is 0 Å². The lowest BCUT2D eigenvalue weighted by atomic mass is 9.81. The second-order valence-electron chi connectivity index (χ2n) is 4.60. The molecule has 1 aromatic rings. The first kappa shape index (κ1) is 12.2. The highest BCUT2D eigenvalue weighted by molar-refractivity contribution is 5.35. The van der Waals surface area contributed by atoms with E-state index in [1.807, 2.05) is 39.8 Å². The second kappa shape index (κ2) is 4.33. The van der Waals surface area contributed by atoms with Crippen molar-refractivity contribution in [2.75, 3.05) is 6.54 Å². The number of hydrogen-bond acceptors (Lipinski definition) is 2. The molecule has 0 aromatic heterocycles. The van der Waals surface area contributed by atoms with Gasteiger partial charge in [-0.05, 0) is 30.9 Å². The molecule has 15 heavy (non-hydrogen) atoms. The van der Waals surface area contributed by atoms with Gasteiger partial charge in [-0.1, -0.05) is 37.6 Å². The van der Waals surface area contributed by atoms with Crippen molar-refractivity contribution >= 4 is 0 Å². The zero-order valence-corrected chi connectivity index (χ0v) is 10.0. The molecule has 0 fully saturated rings. The zero-order chi connectivity index (χ0) is 11.6. The van der Waals surface area contributed by atoms with Crippen LogP contribution in [0.15, 0.2) is 18.2 Å². The summed E-state index contributed by atoms with van der Waals surface area (Å²) in [5.41, 5.74) is 8.06. The van der Waals surface area contributed by atoms with Crippen LogP contribution in [0.5, 0.6) is 0 Å². The van der Waals surface area contributed by atoms with E-state index in [-0.39, 0.29) is 12.5 Å². The maximum atomic E-state index is 10.5. The van der Waals surface area contributed by atoms with Crippen molar-refractivity contribution in [2.45, 2.75) is 33.3 Å². The third-order valence-electron chi connectivity index (χ3n) is 3.11. The predicted octanol–water partition coefficient (Wildman–Crippen LogP) is 2.11. The highest BCUT2D eigenvalue weighted by Gasteiger charge is 2.32. The average molecular weight is 207 g/mol. The molecule has 0 aliphatic heterocycles. The number of rotatable bonds is 3. The lowest BCUT2D eigenvalue weighted by molar-refractivity contribution is -0.00171. The lowest BCUT2D eigenvalue weighted by Gasteiger charge is -2.32. The quantitative estimate of drug-likeness (QED) is 0.797. The summed E-state index contributed by atoms with van der Waals surface area (Å²) in [4.78, 5) is 0. The Labute approximate surface area is 92.1 Å². The van der Waals surface area contributed by atoms with Gasteiger partial charge in [-0.3, -0.25) is 0 Å². The number of hydrogen-bond donors (Lipinski definition) is 2. The normalized spacial score (nSPS) is 15.4. The molecular weight excluding hydrogens is 186 g/mol. The average Bonchev–Trinajstić information content (AvgIpc) is 2.16. The number of aliphatic hydroxyl groups is 1. The van der Waals surface area contributed by atoms with Crippen LogP contribution in [0.2, 0.25) is 0 Å².